The first-order valence-electron chi connectivity index (χ1n) is 45.6. The molecule has 0 unspecified atom stereocenters. The number of para-hydroxylation sites is 3. The lowest BCUT2D eigenvalue weighted by Crippen LogP contribution is -2.61. The summed E-state index contributed by atoms with van der Waals surface area (Å²) in [4.78, 5) is 5.49. The van der Waals surface area contributed by atoms with Crippen LogP contribution >= 0.6 is 0 Å². The van der Waals surface area contributed by atoms with Crippen LogP contribution in [0.5, 0.6) is 0 Å². The van der Waals surface area contributed by atoms with Crippen LogP contribution in [-0.4, -0.2) is 15.8 Å². The van der Waals surface area contributed by atoms with Gasteiger partial charge in [0.15, 0.2) is 0 Å². The van der Waals surface area contributed by atoms with Gasteiger partial charge in [-0.15, -0.1) is 0 Å². The third-order valence-corrected chi connectivity index (χ3v) is 29.8. The molecule has 0 fully saturated rings. The zero-order valence-electron chi connectivity index (χ0n) is 72.7. The first-order valence-corrected chi connectivity index (χ1v) is 45.6. The summed E-state index contributed by atoms with van der Waals surface area (Å²) in [6.45, 7) is 14.0. The Morgan fingerprint density at radius 2 is 0.519 bits per heavy atom. The van der Waals surface area contributed by atoms with Gasteiger partial charge in [0.25, 0.3) is 6.71 Å². The van der Waals surface area contributed by atoms with Crippen LogP contribution in [-0.2, 0) is 21.7 Å². The molecule has 0 N–H and O–H groups in total. The van der Waals surface area contributed by atoms with Gasteiger partial charge in [-0.2, -0.15) is 0 Å². The molecular formula is C124H87BN4. The van der Waals surface area contributed by atoms with E-state index in [9.17, 15) is 0 Å². The molecule has 4 heterocycles. The largest absolute Gasteiger partial charge is 0.310 e. The van der Waals surface area contributed by atoms with Crippen LogP contribution in [0.15, 0.2) is 419 Å². The van der Waals surface area contributed by atoms with E-state index in [1.165, 1.54) is 149 Å². The van der Waals surface area contributed by atoms with Crippen LogP contribution in [0.4, 0.5) is 34.1 Å². The standard InChI is InChI=1S/C124H87BN4/c1-121(2,3)80-61-66-111-97(67-80)99-73-96-93-48-24-31-59-105(93)124(102-56-28-21-45-90(102)91-46-22-29-57-103(91)124)107(96)75-113(99)127(111)83-63-65-109-115(71-83)129(120-86(78-39-15-9-16-40-78)52-34-53-87(120)79-41-17-10-18-42-79)117-69-81(122(4,5)6)68-116-118(117)125(109)108-64-62-82(70-114(108)128(116)119-84(76-35-11-7-12-36-76)50-33-51-85(119)77-37-13-8-14-38-77)126-110-60-32-25-49-94(110)98-72-95-92-47-23-30-58-104(92)123(106(95)74-112(98)126)100-54-26-19-43-88(100)89-44-20-27-55-101(89)123/h7-75H,1-6H3. The predicted octanol–water partition coefficient (Wildman–Crippen LogP) is 29.9. The van der Waals surface area contributed by atoms with Gasteiger partial charge in [-0.1, -0.05) is 381 Å². The van der Waals surface area contributed by atoms with Gasteiger partial charge >= 0.3 is 0 Å². The van der Waals surface area contributed by atoms with Crippen LogP contribution in [0.1, 0.15) is 97.2 Å². The Morgan fingerprint density at radius 3 is 0.891 bits per heavy atom. The van der Waals surface area contributed by atoms with E-state index in [1.54, 1.807) is 0 Å². The number of benzene rings is 19. The van der Waals surface area contributed by atoms with E-state index in [0.29, 0.717) is 0 Å². The number of rotatable bonds is 8. The first kappa shape index (κ1) is 73.8. The molecule has 129 heavy (non-hydrogen) atoms. The maximum atomic E-state index is 2.75. The second-order valence-electron chi connectivity index (χ2n) is 38.4. The molecule has 2 aliphatic heterocycles. The Balaban J connectivity index is 0.779. The van der Waals surface area contributed by atoms with E-state index in [-0.39, 0.29) is 17.5 Å². The molecule has 21 aromatic rings. The van der Waals surface area contributed by atoms with Crippen molar-refractivity contribution in [2.75, 3.05) is 9.80 Å². The zero-order valence-corrected chi connectivity index (χ0v) is 72.7. The van der Waals surface area contributed by atoms with E-state index in [1.807, 2.05) is 0 Å². The lowest BCUT2D eigenvalue weighted by Gasteiger charge is -2.46. The van der Waals surface area contributed by atoms with E-state index >= 15 is 0 Å². The predicted molar refractivity (Wildman–Crippen MR) is 541 cm³/mol. The van der Waals surface area contributed by atoms with E-state index in [0.717, 1.165) is 101 Å². The topological polar surface area (TPSA) is 16.3 Å². The normalized spacial score (nSPS) is 14.0. The van der Waals surface area contributed by atoms with E-state index < -0.39 is 10.8 Å². The summed E-state index contributed by atoms with van der Waals surface area (Å²) in [5.74, 6) is 0. The second kappa shape index (κ2) is 27.0. The molecule has 0 radical (unpaired) electrons. The third kappa shape index (κ3) is 10.1. The zero-order chi connectivity index (χ0) is 85.7. The quantitative estimate of drug-likeness (QED) is 0.141. The van der Waals surface area contributed by atoms with Crippen LogP contribution in [0, 0.1) is 0 Å². The minimum Gasteiger partial charge on any atom is -0.310 e. The molecule has 0 saturated heterocycles. The van der Waals surface area contributed by atoms with Gasteiger partial charge in [0.2, 0.25) is 0 Å². The fourth-order valence-corrected chi connectivity index (χ4v) is 24.3. The average molecular weight is 1640 g/mol. The first-order chi connectivity index (χ1) is 63.3. The maximum absolute atomic E-state index is 2.75. The summed E-state index contributed by atoms with van der Waals surface area (Å²) >= 11 is 0. The summed E-state index contributed by atoms with van der Waals surface area (Å²) < 4.78 is 5.26. The van der Waals surface area contributed by atoms with Crippen molar-refractivity contribution in [2.45, 2.75) is 63.2 Å². The molecule has 4 nitrogen and oxygen atoms in total. The fraction of sp³-hybridized carbons (Fsp3) is 0.0806. The van der Waals surface area contributed by atoms with Crippen molar-refractivity contribution in [3.05, 3.63) is 474 Å². The van der Waals surface area contributed by atoms with Gasteiger partial charge in [-0.25, -0.2) is 0 Å². The van der Waals surface area contributed by atoms with Gasteiger partial charge in [0.05, 0.1) is 44.3 Å². The van der Waals surface area contributed by atoms with Crippen molar-refractivity contribution >= 4 is 101 Å². The minimum atomic E-state index is -0.573. The molecule has 19 aromatic carbocycles. The molecule has 27 rings (SSSR count). The van der Waals surface area contributed by atoms with E-state index in [2.05, 4.69) is 479 Å². The van der Waals surface area contributed by atoms with Crippen molar-refractivity contribution in [3.8, 4) is 100 Å². The van der Waals surface area contributed by atoms with Gasteiger partial charge in [-0.3, -0.25) is 0 Å². The molecule has 0 amide bonds. The highest BCUT2D eigenvalue weighted by molar-refractivity contribution is 7.00. The molecule has 4 aliphatic carbocycles. The number of hydrogen-bond donors (Lipinski definition) is 0. The van der Waals surface area contributed by atoms with Crippen molar-refractivity contribution < 1.29 is 0 Å². The number of fused-ring (bicyclic) bond motifs is 30. The molecule has 2 spiro atoms. The monoisotopic (exact) mass is 1640 g/mol. The molecule has 606 valence electrons. The molecular weight excluding hydrogens is 1560 g/mol. The summed E-state index contributed by atoms with van der Waals surface area (Å²) in [6.07, 6.45) is 0. The van der Waals surface area contributed by atoms with Gasteiger partial charge in [-0.05, 0) is 228 Å². The SMILES string of the molecule is CC(C)(C)c1cc2c3c(c1)N(c1c(-c4ccccc4)cccc1-c1ccccc1)c1cc(-n4c5ccc(C(C)(C)C)cc5c5cc6c(cc54)C4(c5ccccc5-c5ccccc54)c4ccccc4-6)ccc1B3c1ccc(-n3c4ccccc4c4cc5c(cc43)C3(c4ccccc4-c4ccccc43)c3ccccc3-5)cc1N2c1c(-c2ccccc2)cccc1-c1ccccc1. The molecule has 5 heteroatoms. The van der Waals surface area contributed by atoms with Crippen LogP contribution in [0.25, 0.3) is 144 Å². The second-order valence-corrected chi connectivity index (χ2v) is 38.4. The summed E-state index contributed by atoms with van der Waals surface area (Å²) in [7, 11) is 0. The highest BCUT2D eigenvalue weighted by Crippen LogP contribution is 2.67. The Morgan fingerprint density at radius 1 is 0.209 bits per heavy atom. The van der Waals surface area contributed by atoms with Crippen molar-refractivity contribution in [2.24, 2.45) is 0 Å². The maximum Gasteiger partial charge on any atom is 0.252 e. The van der Waals surface area contributed by atoms with Crippen LogP contribution in [0.3, 0.4) is 0 Å². The number of anilines is 6. The van der Waals surface area contributed by atoms with Crippen LogP contribution in [0.2, 0.25) is 0 Å². The third-order valence-electron chi connectivity index (χ3n) is 29.8. The smallest absolute Gasteiger partial charge is 0.252 e. The highest BCUT2D eigenvalue weighted by Gasteiger charge is 2.55. The fourth-order valence-electron chi connectivity index (χ4n) is 24.3. The number of nitrogens with zero attached hydrogens (tertiary/aromatic N) is 4. The Kier molecular flexibility index (Phi) is 15.4. The Labute approximate surface area is 752 Å². The minimum absolute atomic E-state index is 0.129. The lowest BCUT2D eigenvalue weighted by atomic mass is 9.33. The van der Waals surface area contributed by atoms with Crippen molar-refractivity contribution in [3.63, 3.8) is 0 Å². The molecule has 0 bridgehead atoms. The summed E-state index contributed by atoms with van der Waals surface area (Å²) in [5, 5.41) is 4.90. The van der Waals surface area contributed by atoms with Gasteiger partial charge in [0, 0.05) is 77.9 Å². The average Bonchev–Trinajstić information content (AvgIpc) is 1.45. The molecule has 0 saturated carbocycles. The van der Waals surface area contributed by atoms with E-state index in [4.69, 9.17) is 0 Å². The highest BCUT2D eigenvalue weighted by atomic mass is 15.2. The Hall–Kier alpha value is -15.6. The summed E-state index contributed by atoms with van der Waals surface area (Å²) in [5.41, 5.74) is 48.1. The molecule has 2 aromatic heterocycles. The van der Waals surface area contributed by atoms with Crippen molar-refractivity contribution in [1.82, 2.24) is 9.13 Å². The van der Waals surface area contributed by atoms with Crippen LogP contribution < -0.4 is 26.2 Å². The lowest BCUT2D eigenvalue weighted by molar-refractivity contribution is 0.590. The number of hydrogen-bond acceptors (Lipinski definition) is 2. The van der Waals surface area contributed by atoms with Gasteiger partial charge < -0.3 is 18.9 Å². The van der Waals surface area contributed by atoms with Crippen molar-refractivity contribution in [1.29, 1.82) is 0 Å². The summed E-state index contributed by atoms with van der Waals surface area (Å²) in [6, 6.07) is 162. The Bertz CT molecular complexity index is 8190. The molecule has 6 aliphatic rings. The van der Waals surface area contributed by atoms with Gasteiger partial charge in [0.1, 0.15) is 0 Å². The number of aromatic nitrogens is 2. The molecule has 0 atom stereocenters.